The molecule has 2 heterocycles. The van der Waals surface area contributed by atoms with Crippen LogP contribution in [0.1, 0.15) is 12.1 Å². The van der Waals surface area contributed by atoms with Gasteiger partial charge in [-0.05, 0) is 6.42 Å². The van der Waals surface area contributed by atoms with E-state index in [0.29, 0.717) is 17.9 Å². The van der Waals surface area contributed by atoms with E-state index in [4.69, 9.17) is 4.52 Å². The standard InChI is InChI=1S/C17H19N3O5S/c21-16(18-10-17(22)19-13-6-7-26(23,24)11-13)9-14-8-15(25-20-14)12-4-2-1-3-5-12/h1-5,8,13H,6-7,9-11H2,(H,18,21)(H,19,22). The Kier molecular flexibility index (Phi) is 5.36. The van der Waals surface area contributed by atoms with Gasteiger partial charge in [0.1, 0.15) is 0 Å². The number of nitrogens with one attached hydrogen (secondary N) is 2. The van der Waals surface area contributed by atoms with Crippen LogP contribution < -0.4 is 10.6 Å². The summed E-state index contributed by atoms with van der Waals surface area (Å²) in [5, 5.41) is 8.96. The average Bonchev–Trinajstić information content (AvgIpc) is 3.20. The molecule has 1 fully saturated rings. The molecule has 0 radical (unpaired) electrons. The van der Waals surface area contributed by atoms with E-state index in [1.165, 1.54) is 0 Å². The molecule has 9 heteroatoms. The Bertz CT molecular complexity index is 892. The van der Waals surface area contributed by atoms with E-state index in [1.54, 1.807) is 6.07 Å². The van der Waals surface area contributed by atoms with Crippen molar-refractivity contribution in [1.82, 2.24) is 15.8 Å². The van der Waals surface area contributed by atoms with E-state index in [1.807, 2.05) is 30.3 Å². The number of hydrogen-bond acceptors (Lipinski definition) is 6. The van der Waals surface area contributed by atoms with E-state index >= 15 is 0 Å². The number of carbonyl (C=O) groups excluding carboxylic acids is 2. The number of hydrogen-bond donors (Lipinski definition) is 2. The van der Waals surface area contributed by atoms with Crippen LogP contribution in [0.4, 0.5) is 0 Å². The van der Waals surface area contributed by atoms with Gasteiger partial charge >= 0.3 is 0 Å². The van der Waals surface area contributed by atoms with Gasteiger partial charge in [0.2, 0.25) is 11.8 Å². The molecule has 2 N–H and O–H groups in total. The monoisotopic (exact) mass is 377 g/mol. The highest BCUT2D eigenvalue weighted by Gasteiger charge is 2.28. The van der Waals surface area contributed by atoms with E-state index in [-0.39, 0.29) is 36.4 Å². The molecule has 1 atom stereocenters. The molecule has 2 amide bonds. The Balaban J connectivity index is 1.44. The van der Waals surface area contributed by atoms with Gasteiger partial charge in [0.25, 0.3) is 0 Å². The van der Waals surface area contributed by atoms with Crippen molar-refractivity contribution < 1.29 is 22.5 Å². The summed E-state index contributed by atoms with van der Waals surface area (Å²) in [6, 6.07) is 10.7. The molecule has 1 unspecified atom stereocenters. The van der Waals surface area contributed by atoms with Gasteiger partial charge in [-0.15, -0.1) is 0 Å². The molecule has 0 spiro atoms. The Morgan fingerprint density at radius 3 is 2.65 bits per heavy atom. The van der Waals surface area contributed by atoms with Crippen molar-refractivity contribution in [2.45, 2.75) is 18.9 Å². The van der Waals surface area contributed by atoms with Gasteiger partial charge in [0.15, 0.2) is 15.6 Å². The van der Waals surface area contributed by atoms with Crippen molar-refractivity contribution in [2.24, 2.45) is 0 Å². The summed E-state index contributed by atoms with van der Waals surface area (Å²) in [7, 11) is -3.05. The summed E-state index contributed by atoms with van der Waals surface area (Å²) < 4.78 is 27.9. The largest absolute Gasteiger partial charge is 0.356 e. The molecule has 3 rings (SSSR count). The SMILES string of the molecule is O=C(Cc1cc(-c2ccccc2)on1)NCC(=O)NC1CCS(=O)(=O)C1. The number of aromatic nitrogens is 1. The van der Waals surface area contributed by atoms with Crippen LogP contribution in [0.15, 0.2) is 40.9 Å². The average molecular weight is 377 g/mol. The van der Waals surface area contributed by atoms with Gasteiger partial charge in [-0.1, -0.05) is 35.5 Å². The predicted octanol–water partition coefficient (Wildman–Crippen LogP) is 0.304. The van der Waals surface area contributed by atoms with Gasteiger partial charge in [-0.3, -0.25) is 9.59 Å². The molecular weight excluding hydrogens is 358 g/mol. The molecule has 1 aromatic carbocycles. The number of rotatable bonds is 6. The third-order valence-corrected chi connectivity index (χ3v) is 5.77. The fourth-order valence-electron chi connectivity index (χ4n) is 2.73. The molecular formula is C17H19N3O5S. The molecule has 0 saturated carbocycles. The summed E-state index contributed by atoms with van der Waals surface area (Å²) in [6.45, 7) is -0.210. The van der Waals surface area contributed by atoms with Crippen LogP contribution in [0.2, 0.25) is 0 Å². The minimum atomic E-state index is -3.05. The van der Waals surface area contributed by atoms with Gasteiger partial charge < -0.3 is 15.2 Å². The van der Waals surface area contributed by atoms with Crippen molar-refractivity contribution in [2.75, 3.05) is 18.1 Å². The Labute approximate surface area is 150 Å². The summed E-state index contributed by atoms with van der Waals surface area (Å²) >= 11 is 0. The fraction of sp³-hybridized carbons (Fsp3) is 0.353. The second-order valence-corrected chi connectivity index (χ2v) is 8.40. The number of sulfone groups is 1. The first kappa shape index (κ1) is 18.1. The van der Waals surface area contributed by atoms with Crippen molar-refractivity contribution in [3.63, 3.8) is 0 Å². The second-order valence-electron chi connectivity index (χ2n) is 6.17. The van der Waals surface area contributed by atoms with E-state index in [2.05, 4.69) is 15.8 Å². The molecule has 0 aliphatic carbocycles. The van der Waals surface area contributed by atoms with Crippen LogP contribution in [0.5, 0.6) is 0 Å². The van der Waals surface area contributed by atoms with Crippen LogP contribution in [0.3, 0.4) is 0 Å². The summed E-state index contributed by atoms with van der Waals surface area (Å²) in [4.78, 5) is 23.7. The lowest BCUT2D eigenvalue weighted by Gasteiger charge is -2.11. The van der Waals surface area contributed by atoms with Crippen molar-refractivity contribution in [3.8, 4) is 11.3 Å². The van der Waals surface area contributed by atoms with Gasteiger partial charge in [0.05, 0.1) is 30.2 Å². The van der Waals surface area contributed by atoms with Crippen LogP contribution in [-0.2, 0) is 25.8 Å². The molecule has 2 aromatic rings. The molecule has 1 aromatic heterocycles. The van der Waals surface area contributed by atoms with Crippen LogP contribution in [0.25, 0.3) is 11.3 Å². The Morgan fingerprint density at radius 2 is 1.96 bits per heavy atom. The number of nitrogens with zero attached hydrogens (tertiary/aromatic N) is 1. The minimum Gasteiger partial charge on any atom is -0.356 e. The van der Waals surface area contributed by atoms with E-state index < -0.39 is 15.7 Å². The molecule has 1 saturated heterocycles. The highest BCUT2D eigenvalue weighted by molar-refractivity contribution is 7.91. The second kappa shape index (κ2) is 7.69. The molecule has 1 aliphatic heterocycles. The van der Waals surface area contributed by atoms with E-state index in [9.17, 15) is 18.0 Å². The van der Waals surface area contributed by atoms with Crippen molar-refractivity contribution in [1.29, 1.82) is 0 Å². The number of carbonyl (C=O) groups is 2. The molecule has 8 nitrogen and oxygen atoms in total. The highest BCUT2D eigenvalue weighted by Crippen LogP contribution is 2.19. The summed E-state index contributed by atoms with van der Waals surface area (Å²) in [5.74, 6) is -0.181. The lowest BCUT2D eigenvalue weighted by Crippen LogP contribution is -2.42. The zero-order valence-electron chi connectivity index (χ0n) is 14.0. The first-order chi connectivity index (χ1) is 12.4. The molecule has 1 aliphatic rings. The highest BCUT2D eigenvalue weighted by atomic mass is 32.2. The smallest absolute Gasteiger partial charge is 0.239 e. The predicted molar refractivity (Wildman–Crippen MR) is 93.9 cm³/mol. The first-order valence-electron chi connectivity index (χ1n) is 8.19. The lowest BCUT2D eigenvalue weighted by atomic mass is 10.1. The fourth-order valence-corrected chi connectivity index (χ4v) is 4.40. The molecule has 26 heavy (non-hydrogen) atoms. The van der Waals surface area contributed by atoms with Crippen molar-refractivity contribution >= 4 is 21.7 Å². The topological polar surface area (TPSA) is 118 Å². The van der Waals surface area contributed by atoms with Crippen LogP contribution >= 0.6 is 0 Å². The maximum Gasteiger partial charge on any atom is 0.239 e. The first-order valence-corrected chi connectivity index (χ1v) is 10.0. The normalized spacial score (nSPS) is 18.4. The van der Waals surface area contributed by atoms with Crippen LogP contribution in [-0.4, -0.2) is 49.5 Å². The van der Waals surface area contributed by atoms with Crippen molar-refractivity contribution in [3.05, 3.63) is 42.1 Å². The summed E-state index contributed by atoms with van der Waals surface area (Å²) in [6.07, 6.45) is 0.393. The number of benzene rings is 1. The van der Waals surface area contributed by atoms with Crippen LogP contribution in [0, 0.1) is 0 Å². The zero-order chi connectivity index (χ0) is 18.6. The lowest BCUT2D eigenvalue weighted by molar-refractivity contribution is -0.126. The number of amides is 2. The molecule has 138 valence electrons. The quantitative estimate of drug-likeness (QED) is 0.748. The Morgan fingerprint density at radius 1 is 1.19 bits per heavy atom. The maximum atomic E-state index is 11.9. The maximum absolute atomic E-state index is 11.9. The third-order valence-electron chi connectivity index (χ3n) is 4.00. The minimum absolute atomic E-state index is 0.0125. The van der Waals surface area contributed by atoms with E-state index in [0.717, 1.165) is 5.56 Å². The Hall–Kier alpha value is -2.68. The van der Waals surface area contributed by atoms with Gasteiger partial charge in [0, 0.05) is 17.7 Å². The third kappa shape index (κ3) is 4.92. The van der Waals surface area contributed by atoms with Gasteiger partial charge in [-0.25, -0.2) is 8.42 Å². The summed E-state index contributed by atoms with van der Waals surface area (Å²) in [5.41, 5.74) is 1.32. The van der Waals surface area contributed by atoms with Gasteiger partial charge in [-0.2, -0.15) is 0 Å². The zero-order valence-corrected chi connectivity index (χ0v) is 14.8. The molecule has 0 bridgehead atoms.